The molecule has 14 heavy (non-hydrogen) atoms. The molecule has 1 nitrogen and oxygen atoms in total. The number of rotatable bonds is 0. The molecule has 1 spiro atoms. The van der Waals surface area contributed by atoms with Crippen LogP contribution in [-0.2, 0) is 0 Å². The van der Waals surface area contributed by atoms with Gasteiger partial charge in [-0.25, -0.2) is 0 Å². The average molecular weight is 213 g/mol. The molecule has 1 atom stereocenters. The Balaban J connectivity index is 2.10. The van der Waals surface area contributed by atoms with Crippen molar-refractivity contribution in [1.82, 2.24) is 5.32 Å². The van der Waals surface area contributed by atoms with Crippen molar-refractivity contribution in [3.63, 3.8) is 0 Å². The highest BCUT2D eigenvalue weighted by Gasteiger charge is 2.47. The van der Waals surface area contributed by atoms with Gasteiger partial charge in [-0.3, -0.25) is 5.32 Å². The van der Waals surface area contributed by atoms with Crippen molar-refractivity contribution in [2.24, 2.45) is 5.41 Å². The molecule has 1 N–H and O–H groups in total. The van der Waals surface area contributed by atoms with Crippen LogP contribution < -0.4 is 5.32 Å². The second-order valence-electron chi connectivity index (χ2n) is 6.49. The summed E-state index contributed by atoms with van der Waals surface area (Å²) in [5, 5.41) is 3.86. The van der Waals surface area contributed by atoms with Crippen LogP contribution >= 0.6 is 11.8 Å². The SMILES string of the molecule is CC1(C)CCCC2(C1)NC(C)(C)CS2. The molecule has 0 radical (unpaired) electrons. The Hall–Kier alpha value is 0.310. The molecule has 0 aromatic carbocycles. The molecule has 0 amide bonds. The van der Waals surface area contributed by atoms with Crippen LogP contribution in [0.5, 0.6) is 0 Å². The van der Waals surface area contributed by atoms with Crippen molar-refractivity contribution < 1.29 is 0 Å². The van der Waals surface area contributed by atoms with Gasteiger partial charge in [0.15, 0.2) is 0 Å². The Morgan fingerprint density at radius 2 is 1.79 bits per heavy atom. The maximum atomic E-state index is 3.86. The van der Waals surface area contributed by atoms with Crippen molar-refractivity contribution in [2.75, 3.05) is 5.75 Å². The van der Waals surface area contributed by atoms with Crippen LogP contribution in [0.1, 0.15) is 53.4 Å². The summed E-state index contributed by atoms with van der Waals surface area (Å²) in [5.41, 5.74) is 0.886. The molecule has 1 aliphatic carbocycles. The predicted octanol–water partition coefficient (Wildman–Crippen LogP) is 3.40. The lowest BCUT2D eigenvalue weighted by Gasteiger charge is -2.43. The molecule has 2 rings (SSSR count). The van der Waals surface area contributed by atoms with Gasteiger partial charge in [0.1, 0.15) is 0 Å². The third kappa shape index (κ3) is 2.11. The van der Waals surface area contributed by atoms with Crippen LogP contribution in [0.2, 0.25) is 0 Å². The molecular weight excluding hydrogens is 190 g/mol. The lowest BCUT2D eigenvalue weighted by molar-refractivity contribution is 0.167. The molecule has 0 bridgehead atoms. The molecule has 1 heterocycles. The summed E-state index contributed by atoms with van der Waals surface area (Å²) in [5.74, 6) is 1.27. The minimum absolute atomic E-state index is 0.345. The summed E-state index contributed by atoms with van der Waals surface area (Å²) in [6.45, 7) is 9.50. The summed E-state index contributed by atoms with van der Waals surface area (Å²) in [6, 6.07) is 0. The van der Waals surface area contributed by atoms with Gasteiger partial charge in [-0.2, -0.15) is 0 Å². The van der Waals surface area contributed by atoms with Crippen LogP contribution in [0.3, 0.4) is 0 Å². The van der Waals surface area contributed by atoms with E-state index in [1.54, 1.807) is 0 Å². The van der Waals surface area contributed by atoms with Gasteiger partial charge >= 0.3 is 0 Å². The Labute approximate surface area is 92.4 Å². The fraction of sp³-hybridized carbons (Fsp3) is 1.00. The molecule has 2 fully saturated rings. The maximum Gasteiger partial charge on any atom is 0.0655 e. The van der Waals surface area contributed by atoms with E-state index in [0.29, 0.717) is 15.8 Å². The van der Waals surface area contributed by atoms with E-state index in [1.807, 2.05) is 0 Å². The fourth-order valence-electron chi connectivity index (χ4n) is 3.04. The fourth-order valence-corrected chi connectivity index (χ4v) is 4.88. The lowest BCUT2D eigenvalue weighted by atomic mass is 9.74. The van der Waals surface area contributed by atoms with E-state index in [9.17, 15) is 0 Å². The second-order valence-corrected chi connectivity index (χ2v) is 7.85. The standard InChI is InChI=1S/C12H23NS/c1-10(2)6-5-7-12(8-10)13-11(3,4)9-14-12/h13H,5-9H2,1-4H3. The van der Waals surface area contributed by atoms with E-state index in [2.05, 4.69) is 44.8 Å². The van der Waals surface area contributed by atoms with Gasteiger partial charge in [-0.1, -0.05) is 20.3 Å². The van der Waals surface area contributed by atoms with Crippen LogP contribution in [-0.4, -0.2) is 16.2 Å². The Kier molecular flexibility index (Phi) is 2.43. The minimum atomic E-state index is 0.345. The van der Waals surface area contributed by atoms with E-state index in [-0.39, 0.29) is 0 Å². The molecule has 2 aliphatic rings. The van der Waals surface area contributed by atoms with E-state index in [0.717, 1.165) is 0 Å². The number of nitrogens with one attached hydrogen (secondary N) is 1. The number of hydrogen-bond donors (Lipinski definition) is 1. The first-order chi connectivity index (χ1) is 6.33. The molecule has 82 valence electrons. The smallest absolute Gasteiger partial charge is 0.0655 e. The summed E-state index contributed by atoms with van der Waals surface area (Å²) in [4.78, 5) is 0.408. The van der Waals surface area contributed by atoms with Gasteiger partial charge in [-0.05, 0) is 38.5 Å². The summed E-state index contributed by atoms with van der Waals surface area (Å²) >= 11 is 2.16. The third-order valence-corrected chi connectivity index (χ3v) is 5.34. The minimum Gasteiger partial charge on any atom is -0.297 e. The Morgan fingerprint density at radius 1 is 1.07 bits per heavy atom. The van der Waals surface area contributed by atoms with Crippen molar-refractivity contribution >= 4 is 11.8 Å². The van der Waals surface area contributed by atoms with Crippen LogP contribution in [0.25, 0.3) is 0 Å². The Bertz CT molecular complexity index is 234. The maximum absolute atomic E-state index is 3.86. The van der Waals surface area contributed by atoms with Gasteiger partial charge in [0, 0.05) is 11.3 Å². The molecule has 0 aromatic rings. The quantitative estimate of drug-likeness (QED) is 0.662. The largest absolute Gasteiger partial charge is 0.297 e. The van der Waals surface area contributed by atoms with Crippen LogP contribution in [0, 0.1) is 5.41 Å². The van der Waals surface area contributed by atoms with Gasteiger partial charge in [0.05, 0.1) is 4.87 Å². The van der Waals surface area contributed by atoms with Gasteiger partial charge in [0.25, 0.3) is 0 Å². The van der Waals surface area contributed by atoms with E-state index in [1.165, 1.54) is 31.4 Å². The first kappa shape index (κ1) is 10.8. The van der Waals surface area contributed by atoms with Crippen molar-refractivity contribution in [2.45, 2.75) is 63.8 Å². The second kappa shape index (κ2) is 3.15. The lowest BCUT2D eigenvalue weighted by Crippen LogP contribution is -2.50. The number of thioether (sulfide) groups is 1. The van der Waals surface area contributed by atoms with E-state index >= 15 is 0 Å². The van der Waals surface area contributed by atoms with Crippen LogP contribution in [0.4, 0.5) is 0 Å². The third-order valence-electron chi connectivity index (χ3n) is 3.47. The molecule has 2 heteroatoms. The molecule has 1 aliphatic heterocycles. The summed E-state index contributed by atoms with van der Waals surface area (Å²) < 4.78 is 0. The molecule has 0 aromatic heterocycles. The summed E-state index contributed by atoms with van der Waals surface area (Å²) in [6.07, 6.45) is 5.50. The van der Waals surface area contributed by atoms with Crippen molar-refractivity contribution in [1.29, 1.82) is 0 Å². The predicted molar refractivity (Wildman–Crippen MR) is 64.7 cm³/mol. The van der Waals surface area contributed by atoms with Crippen LogP contribution in [0.15, 0.2) is 0 Å². The number of hydrogen-bond acceptors (Lipinski definition) is 2. The zero-order valence-corrected chi connectivity index (χ0v) is 10.8. The summed E-state index contributed by atoms with van der Waals surface area (Å²) in [7, 11) is 0. The first-order valence-corrected chi connectivity index (χ1v) is 6.75. The average Bonchev–Trinajstić information content (AvgIpc) is 2.24. The zero-order valence-electron chi connectivity index (χ0n) is 9.94. The molecule has 1 unspecified atom stereocenters. The van der Waals surface area contributed by atoms with Crippen molar-refractivity contribution in [3.8, 4) is 0 Å². The van der Waals surface area contributed by atoms with E-state index < -0.39 is 0 Å². The highest BCUT2D eigenvalue weighted by Crippen LogP contribution is 2.50. The highest BCUT2D eigenvalue weighted by atomic mass is 32.2. The zero-order chi connectivity index (χ0) is 10.4. The van der Waals surface area contributed by atoms with Gasteiger partial charge < -0.3 is 0 Å². The van der Waals surface area contributed by atoms with Crippen molar-refractivity contribution in [3.05, 3.63) is 0 Å². The van der Waals surface area contributed by atoms with E-state index in [4.69, 9.17) is 0 Å². The van der Waals surface area contributed by atoms with Gasteiger partial charge in [-0.15, -0.1) is 11.8 Å². The normalized spacial score (nSPS) is 40.3. The highest BCUT2D eigenvalue weighted by molar-refractivity contribution is 8.01. The topological polar surface area (TPSA) is 12.0 Å². The molecule has 1 saturated carbocycles. The molecule has 1 saturated heterocycles. The molecular formula is C12H23NS. The first-order valence-electron chi connectivity index (χ1n) is 5.76. The van der Waals surface area contributed by atoms with Gasteiger partial charge in [0.2, 0.25) is 0 Å². The monoisotopic (exact) mass is 213 g/mol. The Morgan fingerprint density at radius 3 is 2.29 bits per heavy atom.